The lowest BCUT2D eigenvalue weighted by atomic mass is 9.84. The van der Waals surface area contributed by atoms with Crippen molar-refractivity contribution in [3.8, 4) is 5.75 Å². The van der Waals surface area contributed by atoms with Crippen LogP contribution >= 0.6 is 0 Å². The maximum atomic E-state index is 12.2. The van der Waals surface area contributed by atoms with E-state index in [1.165, 1.54) is 6.42 Å². The van der Waals surface area contributed by atoms with Gasteiger partial charge in [-0.15, -0.1) is 0 Å². The van der Waals surface area contributed by atoms with Crippen LogP contribution in [0, 0.1) is 5.92 Å². The second-order valence-corrected chi connectivity index (χ2v) is 5.78. The molecule has 4 heteroatoms. The standard InChI is InChI=1S/C18H24O4/c1-3-4-5-6-7-15-16(19)12-17(20)22-18(15)13-8-10-14(21-2)11-9-13/h8-11,15,18H,3-7,12H2,1-2H3. The molecule has 0 amide bonds. The van der Waals surface area contributed by atoms with Crippen LogP contribution in [0.5, 0.6) is 5.75 Å². The van der Waals surface area contributed by atoms with Gasteiger partial charge >= 0.3 is 5.97 Å². The number of hydrogen-bond acceptors (Lipinski definition) is 4. The number of carbonyl (C=O) groups is 2. The summed E-state index contributed by atoms with van der Waals surface area (Å²) >= 11 is 0. The average Bonchev–Trinajstić information content (AvgIpc) is 2.53. The fraction of sp³-hybridized carbons (Fsp3) is 0.556. The number of ether oxygens (including phenoxy) is 2. The summed E-state index contributed by atoms with van der Waals surface area (Å²) in [6.07, 6.45) is 4.68. The zero-order chi connectivity index (χ0) is 15.9. The molecule has 0 aromatic heterocycles. The fourth-order valence-electron chi connectivity index (χ4n) is 2.90. The second-order valence-electron chi connectivity index (χ2n) is 5.78. The zero-order valence-corrected chi connectivity index (χ0v) is 13.3. The minimum atomic E-state index is -0.457. The molecule has 2 unspecified atom stereocenters. The van der Waals surface area contributed by atoms with Crippen molar-refractivity contribution in [2.75, 3.05) is 7.11 Å². The van der Waals surface area contributed by atoms with Crippen LogP contribution in [0.1, 0.15) is 57.1 Å². The van der Waals surface area contributed by atoms with Gasteiger partial charge in [0, 0.05) is 0 Å². The normalized spacial score (nSPS) is 21.5. The lowest BCUT2D eigenvalue weighted by Crippen LogP contribution is -2.34. The Labute approximate surface area is 131 Å². The molecule has 4 nitrogen and oxygen atoms in total. The van der Waals surface area contributed by atoms with Gasteiger partial charge in [0.15, 0.2) is 5.78 Å². The van der Waals surface area contributed by atoms with Gasteiger partial charge in [0.1, 0.15) is 18.3 Å². The number of benzene rings is 1. The molecule has 1 saturated heterocycles. The largest absolute Gasteiger partial charge is 0.497 e. The fourth-order valence-corrected chi connectivity index (χ4v) is 2.90. The molecule has 1 heterocycles. The number of ketones is 1. The molecule has 1 aromatic carbocycles. The Balaban J connectivity index is 2.11. The Bertz CT molecular complexity index is 506. The second kappa shape index (κ2) is 7.97. The Kier molecular flexibility index (Phi) is 5.99. The molecule has 0 radical (unpaired) electrons. The quantitative estimate of drug-likeness (QED) is 0.436. The molecule has 2 atom stereocenters. The Morgan fingerprint density at radius 1 is 1.14 bits per heavy atom. The molecular weight excluding hydrogens is 280 g/mol. The number of rotatable bonds is 7. The molecule has 1 fully saturated rings. The molecule has 120 valence electrons. The first-order valence-corrected chi connectivity index (χ1v) is 8.01. The lowest BCUT2D eigenvalue weighted by molar-refractivity contribution is -0.164. The Morgan fingerprint density at radius 3 is 2.50 bits per heavy atom. The lowest BCUT2D eigenvalue weighted by Gasteiger charge is -2.30. The van der Waals surface area contributed by atoms with Gasteiger partial charge in [-0.1, -0.05) is 44.7 Å². The van der Waals surface area contributed by atoms with Crippen LogP contribution in [0.2, 0.25) is 0 Å². The van der Waals surface area contributed by atoms with E-state index in [1.54, 1.807) is 7.11 Å². The molecule has 0 saturated carbocycles. The topological polar surface area (TPSA) is 52.6 Å². The van der Waals surface area contributed by atoms with E-state index in [4.69, 9.17) is 9.47 Å². The van der Waals surface area contributed by atoms with Gasteiger partial charge in [0.05, 0.1) is 13.0 Å². The van der Waals surface area contributed by atoms with E-state index in [2.05, 4.69) is 6.92 Å². The van der Waals surface area contributed by atoms with Crippen LogP contribution in [0.25, 0.3) is 0 Å². The van der Waals surface area contributed by atoms with E-state index in [9.17, 15) is 9.59 Å². The van der Waals surface area contributed by atoms with Crippen molar-refractivity contribution in [1.82, 2.24) is 0 Å². The summed E-state index contributed by atoms with van der Waals surface area (Å²) in [5.41, 5.74) is 0.864. The SMILES string of the molecule is CCCCCCC1C(=O)CC(=O)OC1c1ccc(OC)cc1. The predicted molar refractivity (Wildman–Crippen MR) is 83.7 cm³/mol. The average molecular weight is 304 g/mol. The molecule has 0 aliphatic carbocycles. The Morgan fingerprint density at radius 2 is 1.86 bits per heavy atom. The van der Waals surface area contributed by atoms with Crippen molar-refractivity contribution in [2.45, 2.75) is 51.6 Å². The third-order valence-corrected chi connectivity index (χ3v) is 4.17. The predicted octanol–water partition coefficient (Wildman–Crippen LogP) is 3.84. The van der Waals surface area contributed by atoms with E-state index >= 15 is 0 Å². The highest BCUT2D eigenvalue weighted by atomic mass is 16.5. The Hall–Kier alpha value is -1.84. The number of Topliss-reactive ketones (excluding diaryl/α,β-unsaturated/α-hetero) is 1. The van der Waals surface area contributed by atoms with Crippen LogP contribution in [-0.4, -0.2) is 18.9 Å². The molecule has 1 aromatic rings. The van der Waals surface area contributed by atoms with E-state index in [-0.39, 0.29) is 18.1 Å². The van der Waals surface area contributed by atoms with Crippen molar-refractivity contribution >= 4 is 11.8 Å². The highest BCUT2D eigenvalue weighted by molar-refractivity contribution is 5.99. The maximum absolute atomic E-state index is 12.2. The smallest absolute Gasteiger partial charge is 0.313 e. The van der Waals surface area contributed by atoms with Gasteiger partial charge in [0.2, 0.25) is 0 Å². The van der Waals surface area contributed by atoms with Crippen LogP contribution < -0.4 is 4.74 Å². The van der Waals surface area contributed by atoms with E-state index in [1.807, 2.05) is 24.3 Å². The molecule has 0 bridgehead atoms. The summed E-state index contributed by atoms with van der Waals surface area (Å²) in [6.45, 7) is 2.16. The number of esters is 1. The van der Waals surface area contributed by atoms with E-state index in [0.717, 1.165) is 37.0 Å². The van der Waals surface area contributed by atoms with Gasteiger partial charge in [-0.2, -0.15) is 0 Å². The van der Waals surface area contributed by atoms with Crippen molar-refractivity contribution < 1.29 is 19.1 Å². The maximum Gasteiger partial charge on any atom is 0.313 e. The molecular formula is C18H24O4. The van der Waals surface area contributed by atoms with E-state index < -0.39 is 12.1 Å². The third kappa shape index (κ3) is 4.09. The van der Waals surface area contributed by atoms with E-state index in [0.29, 0.717) is 0 Å². The molecule has 0 N–H and O–H groups in total. The number of cyclic esters (lactones) is 1. The molecule has 0 spiro atoms. The monoisotopic (exact) mass is 304 g/mol. The van der Waals surface area contributed by atoms with Crippen LogP contribution in [-0.2, 0) is 14.3 Å². The first-order valence-electron chi connectivity index (χ1n) is 8.01. The van der Waals surface area contributed by atoms with Gasteiger partial charge < -0.3 is 9.47 Å². The van der Waals surface area contributed by atoms with Gasteiger partial charge in [-0.3, -0.25) is 9.59 Å². The summed E-state index contributed by atoms with van der Waals surface area (Å²) in [6, 6.07) is 7.40. The van der Waals surface area contributed by atoms with Gasteiger partial charge in [-0.05, 0) is 24.1 Å². The number of hydrogen-bond donors (Lipinski definition) is 0. The van der Waals surface area contributed by atoms with Crippen LogP contribution in [0.3, 0.4) is 0 Å². The summed E-state index contributed by atoms with van der Waals surface area (Å²) in [7, 11) is 1.61. The molecule has 22 heavy (non-hydrogen) atoms. The molecule has 1 aliphatic rings. The first kappa shape index (κ1) is 16.5. The number of carbonyl (C=O) groups excluding carboxylic acids is 2. The number of methoxy groups -OCH3 is 1. The molecule has 1 aliphatic heterocycles. The highest BCUT2D eigenvalue weighted by Crippen LogP contribution is 2.36. The first-order chi connectivity index (χ1) is 10.7. The van der Waals surface area contributed by atoms with Crippen molar-refractivity contribution in [1.29, 1.82) is 0 Å². The minimum Gasteiger partial charge on any atom is -0.497 e. The van der Waals surface area contributed by atoms with Crippen LogP contribution in [0.4, 0.5) is 0 Å². The third-order valence-electron chi connectivity index (χ3n) is 4.17. The van der Waals surface area contributed by atoms with Gasteiger partial charge in [-0.25, -0.2) is 0 Å². The van der Waals surface area contributed by atoms with Gasteiger partial charge in [0.25, 0.3) is 0 Å². The zero-order valence-electron chi connectivity index (χ0n) is 13.3. The minimum absolute atomic E-state index is 0.00793. The summed E-state index contributed by atoms with van der Waals surface area (Å²) in [4.78, 5) is 23.9. The summed E-state index contributed by atoms with van der Waals surface area (Å²) in [5.74, 6) is 0.115. The van der Waals surface area contributed by atoms with Crippen molar-refractivity contribution in [2.24, 2.45) is 5.92 Å². The highest BCUT2D eigenvalue weighted by Gasteiger charge is 2.37. The molecule has 2 rings (SSSR count). The van der Waals surface area contributed by atoms with Crippen LogP contribution in [0.15, 0.2) is 24.3 Å². The van der Waals surface area contributed by atoms with Crippen molar-refractivity contribution in [3.05, 3.63) is 29.8 Å². The van der Waals surface area contributed by atoms with Crippen molar-refractivity contribution in [3.63, 3.8) is 0 Å². The summed E-state index contributed by atoms with van der Waals surface area (Å²) < 4.78 is 10.6. The number of unbranched alkanes of at least 4 members (excludes halogenated alkanes) is 3. The summed E-state index contributed by atoms with van der Waals surface area (Å²) in [5, 5.41) is 0.